The summed E-state index contributed by atoms with van der Waals surface area (Å²) in [5, 5.41) is 3.28. The third-order valence-electron chi connectivity index (χ3n) is 9.60. The quantitative estimate of drug-likeness (QED) is 0.163. The molecule has 0 aliphatic carbocycles. The van der Waals surface area contributed by atoms with E-state index in [4.69, 9.17) is 29.3 Å². The summed E-state index contributed by atoms with van der Waals surface area (Å²) in [6.07, 6.45) is 1.86. The summed E-state index contributed by atoms with van der Waals surface area (Å²) in [5.41, 5.74) is 10.3. The first-order valence-electron chi connectivity index (χ1n) is 17.5. The van der Waals surface area contributed by atoms with Crippen LogP contribution in [0.5, 0.6) is 0 Å². The van der Waals surface area contributed by atoms with Crippen LogP contribution in [-0.4, -0.2) is 24.9 Å². The van der Waals surface area contributed by atoms with E-state index in [0.717, 1.165) is 77.3 Å². The van der Waals surface area contributed by atoms with Crippen LogP contribution in [0.2, 0.25) is 0 Å². The van der Waals surface area contributed by atoms with Crippen molar-refractivity contribution in [3.8, 4) is 67.9 Å². The van der Waals surface area contributed by atoms with Gasteiger partial charge in [0.1, 0.15) is 5.52 Å². The van der Waals surface area contributed by atoms with Gasteiger partial charge in [-0.2, -0.15) is 0 Å². The highest BCUT2D eigenvalue weighted by Gasteiger charge is 2.19. The monoisotopic (exact) mass is 679 g/mol. The summed E-state index contributed by atoms with van der Waals surface area (Å²) in [7, 11) is 0. The van der Waals surface area contributed by atoms with Gasteiger partial charge in [0, 0.05) is 39.2 Å². The van der Waals surface area contributed by atoms with Crippen LogP contribution in [0.3, 0.4) is 0 Å². The van der Waals surface area contributed by atoms with Crippen molar-refractivity contribution in [2.75, 3.05) is 0 Å². The first-order chi connectivity index (χ1) is 26.2. The van der Waals surface area contributed by atoms with E-state index in [1.807, 2.05) is 109 Å². The van der Waals surface area contributed by atoms with E-state index in [2.05, 4.69) is 66.7 Å². The smallest absolute Gasteiger partial charge is 0.227 e. The van der Waals surface area contributed by atoms with E-state index >= 15 is 0 Å². The van der Waals surface area contributed by atoms with Gasteiger partial charge >= 0.3 is 0 Å². The van der Waals surface area contributed by atoms with Crippen LogP contribution in [0.25, 0.3) is 101 Å². The second-order valence-corrected chi connectivity index (χ2v) is 12.9. The number of aromatic nitrogens is 5. The highest BCUT2D eigenvalue weighted by atomic mass is 16.3. The topological polar surface area (TPSA) is 77.6 Å². The molecule has 0 aliphatic rings. The van der Waals surface area contributed by atoms with Crippen LogP contribution in [0.15, 0.2) is 180 Å². The van der Waals surface area contributed by atoms with E-state index in [9.17, 15) is 0 Å². The minimum Gasteiger partial charge on any atom is -0.436 e. The number of hydrogen-bond donors (Lipinski definition) is 0. The number of hydrogen-bond acceptors (Lipinski definition) is 6. The molecule has 53 heavy (non-hydrogen) atoms. The molecule has 0 radical (unpaired) electrons. The summed E-state index contributed by atoms with van der Waals surface area (Å²) in [5.74, 6) is 2.42. The van der Waals surface area contributed by atoms with Crippen molar-refractivity contribution in [3.05, 3.63) is 176 Å². The van der Waals surface area contributed by atoms with Gasteiger partial charge in [-0.1, -0.05) is 127 Å². The van der Waals surface area contributed by atoms with Crippen molar-refractivity contribution in [1.82, 2.24) is 24.9 Å². The average molecular weight is 680 g/mol. The molecule has 0 unspecified atom stereocenters. The lowest BCUT2D eigenvalue weighted by atomic mass is 9.89. The lowest BCUT2D eigenvalue weighted by molar-refractivity contribution is 0.620. The standard InChI is InChI=1S/C47H29N5O/c1-4-13-30(14-5-1)44-50-45(31-15-6-2-7-16-31)52-46(51-44)35-22-24-36(34-23-25-41-42(29-34)53-47(49-41)32-17-8-3-9-18-32)39(28-35)40-27-33-19-10-11-20-37(33)43-38(40)21-12-26-48-43/h1-29H. The summed E-state index contributed by atoms with van der Waals surface area (Å²) < 4.78 is 6.35. The van der Waals surface area contributed by atoms with Crippen LogP contribution in [0, 0.1) is 0 Å². The Hall–Kier alpha value is -7.31. The van der Waals surface area contributed by atoms with Gasteiger partial charge in [0.2, 0.25) is 5.89 Å². The largest absolute Gasteiger partial charge is 0.436 e. The fourth-order valence-corrected chi connectivity index (χ4v) is 7.02. The Bertz CT molecular complexity index is 2880. The van der Waals surface area contributed by atoms with Crippen molar-refractivity contribution in [1.29, 1.82) is 0 Å². The molecule has 10 aromatic rings. The molecule has 0 spiro atoms. The highest BCUT2D eigenvalue weighted by molar-refractivity contribution is 6.13. The van der Waals surface area contributed by atoms with Crippen LogP contribution >= 0.6 is 0 Å². The number of pyridine rings is 1. The molecule has 0 atom stereocenters. The Morgan fingerprint density at radius 3 is 1.70 bits per heavy atom. The van der Waals surface area contributed by atoms with E-state index in [1.54, 1.807) is 0 Å². The van der Waals surface area contributed by atoms with E-state index in [-0.39, 0.29) is 0 Å². The second-order valence-electron chi connectivity index (χ2n) is 12.9. The third kappa shape index (κ3) is 5.59. The Morgan fingerprint density at radius 2 is 0.981 bits per heavy atom. The minimum atomic E-state index is 0.590. The zero-order chi connectivity index (χ0) is 35.1. The number of rotatable bonds is 6. The van der Waals surface area contributed by atoms with E-state index < -0.39 is 0 Å². The van der Waals surface area contributed by atoms with Gasteiger partial charge in [-0.3, -0.25) is 4.98 Å². The molecule has 0 N–H and O–H groups in total. The molecular weight excluding hydrogens is 651 g/mol. The first kappa shape index (κ1) is 30.5. The number of oxazole rings is 1. The zero-order valence-corrected chi connectivity index (χ0v) is 28.4. The van der Waals surface area contributed by atoms with Crippen LogP contribution < -0.4 is 0 Å². The molecule has 0 bridgehead atoms. The highest BCUT2D eigenvalue weighted by Crippen LogP contribution is 2.42. The fourth-order valence-electron chi connectivity index (χ4n) is 7.02. The first-order valence-corrected chi connectivity index (χ1v) is 17.5. The number of nitrogens with zero attached hydrogens (tertiary/aromatic N) is 5. The van der Waals surface area contributed by atoms with Gasteiger partial charge in [0.15, 0.2) is 23.1 Å². The van der Waals surface area contributed by atoms with Gasteiger partial charge in [-0.15, -0.1) is 0 Å². The molecule has 0 aliphatic heterocycles. The fraction of sp³-hybridized carbons (Fsp3) is 0. The predicted molar refractivity (Wildman–Crippen MR) is 213 cm³/mol. The van der Waals surface area contributed by atoms with Crippen LogP contribution in [0.1, 0.15) is 0 Å². The van der Waals surface area contributed by atoms with Crippen molar-refractivity contribution >= 4 is 32.8 Å². The molecule has 10 rings (SSSR count). The van der Waals surface area contributed by atoms with Gasteiger partial charge in [-0.05, 0) is 70.1 Å². The minimum absolute atomic E-state index is 0.590. The molecule has 0 fully saturated rings. The maximum atomic E-state index is 6.35. The molecule has 0 amide bonds. The summed E-state index contributed by atoms with van der Waals surface area (Å²) in [4.78, 5) is 24.7. The van der Waals surface area contributed by atoms with Crippen molar-refractivity contribution in [2.24, 2.45) is 0 Å². The van der Waals surface area contributed by atoms with Crippen molar-refractivity contribution in [2.45, 2.75) is 0 Å². The van der Waals surface area contributed by atoms with E-state index in [1.165, 1.54) is 0 Å². The maximum absolute atomic E-state index is 6.35. The molecule has 6 heteroatoms. The SMILES string of the molecule is c1ccc(-c2nc(-c3ccccc3)nc(-c3ccc(-c4ccc5nc(-c6ccccc6)oc5c4)c(-c4cc5ccccc5c5ncccc45)c3)n2)cc1. The van der Waals surface area contributed by atoms with Crippen molar-refractivity contribution < 1.29 is 4.42 Å². The van der Waals surface area contributed by atoms with Gasteiger partial charge in [0.25, 0.3) is 0 Å². The number of benzene rings is 7. The Kier molecular flexibility index (Phi) is 7.36. The van der Waals surface area contributed by atoms with E-state index in [0.29, 0.717) is 23.4 Å². The summed E-state index contributed by atoms with van der Waals surface area (Å²) in [6, 6.07) is 57.6. The lowest BCUT2D eigenvalue weighted by Crippen LogP contribution is -2.00. The Labute approximate surface area is 305 Å². The Morgan fingerprint density at radius 1 is 0.377 bits per heavy atom. The lowest BCUT2D eigenvalue weighted by Gasteiger charge is -2.16. The molecule has 7 aromatic carbocycles. The molecular formula is C47H29N5O. The van der Waals surface area contributed by atoms with Gasteiger partial charge in [0.05, 0.1) is 5.52 Å². The molecule has 6 nitrogen and oxygen atoms in total. The molecule has 248 valence electrons. The van der Waals surface area contributed by atoms with Crippen molar-refractivity contribution in [3.63, 3.8) is 0 Å². The summed E-state index contributed by atoms with van der Waals surface area (Å²) in [6.45, 7) is 0. The van der Waals surface area contributed by atoms with Gasteiger partial charge < -0.3 is 4.42 Å². The summed E-state index contributed by atoms with van der Waals surface area (Å²) >= 11 is 0. The molecule has 0 saturated heterocycles. The predicted octanol–water partition coefficient (Wildman–Crippen LogP) is 11.7. The average Bonchev–Trinajstić information content (AvgIpc) is 3.68. The van der Waals surface area contributed by atoms with Crippen LogP contribution in [-0.2, 0) is 0 Å². The maximum Gasteiger partial charge on any atom is 0.227 e. The Balaban J connectivity index is 1.21. The van der Waals surface area contributed by atoms with Gasteiger partial charge in [-0.25, -0.2) is 19.9 Å². The zero-order valence-electron chi connectivity index (χ0n) is 28.4. The second kappa shape index (κ2) is 12.8. The molecule has 0 saturated carbocycles. The molecule has 3 heterocycles. The number of fused-ring (bicyclic) bond motifs is 4. The third-order valence-corrected chi connectivity index (χ3v) is 9.60. The molecule has 3 aromatic heterocycles. The normalized spacial score (nSPS) is 11.4. The van der Waals surface area contributed by atoms with Crippen LogP contribution in [0.4, 0.5) is 0 Å².